The summed E-state index contributed by atoms with van der Waals surface area (Å²) in [4.78, 5) is 19.3. The van der Waals surface area contributed by atoms with Crippen LogP contribution >= 0.6 is 23.2 Å². The number of halogens is 3. The smallest absolute Gasteiger partial charge is 0.251 e. The minimum absolute atomic E-state index is 0.237. The number of aromatic nitrogens is 2. The zero-order valence-electron chi connectivity index (χ0n) is 13.1. The highest BCUT2D eigenvalue weighted by atomic mass is 35.5. The van der Waals surface area contributed by atoms with E-state index in [1.165, 1.54) is 12.1 Å². The highest BCUT2D eigenvalue weighted by Crippen LogP contribution is 2.29. The van der Waals surface area contributed by atoms with Crippen molar-refractivity contribution in [2.45, 2.75) is 6.42 Å². The molecule has 0 aliphatic rings. The molecule has 1 amide bonds. The molecule has 0 saturated heterocycles. The van der Waals surface area contributed by atoms with Gasteiger partial charge < -0.3 is 16.0 Å². The van der Waals surface area contributed by atoms with Gasteiger partial charge in [-0.3, -0.25) is 4.79 Å². The largest absolute Gasteiger partial charge is 0.352 e. The number of amides is 1. The Bertz CT molecular complexity index is 903. The van der Waals surface area contributed by atoms with Crippen molar-refractivity contribution in [1.82, 2.24) is 15.3 Å². The highest BCUT2D eigenvalue weighted by molar-refractivity contribution is 6.42. The molecular formula is C17H15Cl2FN4O. The van der Waals surface area contributed by atoms with Crippen molar-refractivity contribution in [1.29, 1.82) is 0 Å². The predicted octanol–water partition coefficient (Wildman–Crippen LogP) is 3.75. The van der Waals surface area contributed by atoms with Crippen LogP contribution in [0.25, 0.3) is 22.4 Å². The number of carbonyl (C=O) groups excluding carboxylic acids is 1. The standard InChI is InChI=1S/C17H15Cl2FN4O/c18-11-7-14-15(8-12(11)19)24-16(23-14)10-3-2-9(6-13(10)20)17(25)22-5-1-4-21/h2-3,6-8H,1,4-5,21H2,(H,22,25)(H,23,24). The molecule has 130 valence electrons. The van der Waals surface area contributed by atoms with Crippen LogP contribution in [0.15, 0.2) is 30.3 Å². The van der Waals surface area contributed by atoms with Gasteiger partial charge in [-0.15, -0.1) is 0 Å². The van der Waals surface area contributed by atoms with Crippen LogP contribution in [0, 0.1) is 5.82 Å². The van der Waals surface area contributed by atoms with E-state index in [0.717, 1.165) is 0 Å². The number of carbonyl (C=O) groups is 1. The second kappa shape index (κ2) is 7.39. The molecule has 1 heterocycles. The van der Waals surface area contributed by atoms with Crippen molar-refractivity contribution in [3.8, 4) is 11.4 Å². The van der Waals surface area contributed by atoms with E-state index in [-0.39, 0.29) is 17.0 Å². The van der Waals surface area contributed by atoms with Gasteiger partial charge in [0.15, 0.2) is 0 Å². The number of nitrogens with zero attached hydrogens (tertiary/aromatic N) is 1. The molecule has 0 radical (unpaired) electrons. The molecule has 5 nitrogen and oxygen atoms in total. The molecular weight excluding hydrogens is 366 g/mol. The monoisotopic (exact) mass is 380 g/mol. The summed E-state index contributed by atoms with van der Waals surface area (Å²) in [5.41, 5.74) is 7.08. The van der Waals surface area contributed by atoms with Gasteiger partial charge >= 0.3 is 0 Å². The number of fused-ring (bicyclic) bond motifs is 1. The van der Waals surface area contributed by atoms with Crippen molar-refractivity contribution < 1.29 is 9.18 Å². The van der Waals surface area contributed by atoms with Crippen LogP contribution in [-0.2, 0) is 0 Å². The van der Waals surface area contributed by atoms with Crippen molar-refractivity contribution in [3.05, 3.63) is 51.8 Å². The van der Waals surface area contributed by atoms with E-state index in [4.69, 9.17) is 28.9 Å². The molecule has 8 heteroatoms. The van der Waals surface area contributed by atoms with Crippen molar-refractivity contribution in [3.63, 3.8) is 0 Å². The lowest BCUT2D eigenvalue weighted by Crippen LogP contribution is -2.26. The van der Waals surface area contributed by atoms with Gasteiger partial charge in [0.1, 0.15) is 11.6 Å². The summed E-state index contributed by atoms with van der Waals surface area (Å²) in [6.07, 6.45) is 0.663. The number of benzene rings is 2. The van der Waals surface area contributed by atoms with Crippen molar-refractivity contribution in [2.24, 2.45) is 5.73 Å². The molecule has 3 rings (SSSR count). The Morgan fingerprint density at radius 2 is 2.00 bits per heavy atom. The first-order valence-corrected chi connectivity index (χ1v) is 8.38. The Kier molecular flexibility index (Phi) is 5.22. The second-order valence-electron chi connectivity index (χ2n) is 5.46. The number of nitrogens with one attached hydrogen (secondary N) is 2. The van der Waals surface area contributed by atoms with E-state index in [1.807, 2.05) is 0 Å². The first-order valence-electron chi connectivity index (χ1n) is 7.62. The van der Waals surface area contributed by atoms with Crippen molar-refractivity contribution >= 4 is 40.1 Å². The Hall–Kier alpha value is -2.15. The van der Waals surface area contributed by atoms with Gasteiger partial charge in [-0.1, -0.05) is 23.2 Å². The summed E-state index contributed by atoms with van der Waals surface area (Å²) in [6.45, 7) is 0.928. The lowest BCUT2D eigenvalue weighted by atomic mass is 10.1. The summed E-state index contributed by atoms with van der Waals surface area (Å²) >= 11 is 11.9. The highest BCUT2D eigenvalue weighted by Gasteiger charge is 2.14. The number of H-pyrrole nitrogens is 1. The molecule has 3 aromatic rings. The van der Waals surface area contributed by atoms with E-state index in [9.17, 15) is 9.18 Å². The number of nitrogens with two attached hydrogens (primary N) is 1. The third-order valence-corrected chi connectivity index (χ3v) is 4.40. The quantitative estimate of drug-likeness (QED) is 0.589. The molecule has 0 bridgehead atoms. The first-order chi connectivity index (χ1) is 12.0. The van der Waals surface area contributed by atoms with Gasteiger partial charge in [-0.2, -0.15) is 0 Å². The number of hydrogen-bond acceptors (Lipinski definition) is 3. The molecule has 0 spiro atoms. The zero-order chi connectivity index (χ0) is 18.0. The van der Waals surface area contributed by atoms with Crippen LogP contribution < -0.4 is 11.1 Å². The lowest BCUT2D eigenvalue weighted by Gasteiger charge is -2.06. The summed E-state index contributed by atoms with van der Waals surface area (Å²) in [7, 11) is 0. The van der Waals surface area contributed by atoms with Crippen LogP contribution in [-0.4, -0.2) is 29.0 Å². The fourth-order valence-electron chi connectivity index (χ4n) is 2.39. The van der Waals surface area contributed by atoms with Crippen LogP contribution in [0.3, 0.4) is 0 Å². The first kappa shape index (κ1) is 17.7. The lowest BCUT2D eigenvalue weighted by molar-refractivity contribution is 0.0953. The average molecular weight is 381 g/mol. The number of imidazole rings is 1. The normalized spacial score (nSPS) is 11.0. The van der Waals surface area contributed by atoms with E-state index in [1.54, 1.807) is 18.2 Å². The van der Waals surface area contributed by atoms with Crippen LogP contribution in [0.1, 0.15) is 16.8 Å². The molecule has 0 atom stereocenters. The molecule has 4 N–H and O–H groups in total. The van der Waals surface area contributed by atoms with E-state index in [2.05, 4.69) is 15.3 Å². The maximum atomic E-state index is 14.5. The summed E-state index contributed by atoms with van der Waals surface area (Å²) in [6, 6.07) is 7.47. The van der Waals surface area contributed by atoms with Crippen LogP contribution in [0.5, 0.6) is 0 Å². The van der Waals surface area contributed by atoms with E-state index in [0.29, 0.717) is 46.4 Å². The molecule has 0 fully saturated rings. The second-order valence-corrected chi connectivity index (χ2v) is 6.28. The Morgan fingerprint density at radius 1 is 1.24 bits per heavy atom. The molecule has 0 aliphatic carbocycles. The van der Waals surface area contributed by atoms with Gasteiger partial charge in [-0.25, -0.2) is 9.37 Å². The fourth-order valence-corrected chi connectivity index (χ4v) is 2.71. The molecule has 25 heavy (non-hydrogen) atoms. The molecule has 0 unspecified atom stereocenters. The third kappa shape index (κ3) is 3.76. The number of aromatic amines is 1. The fraction of sp³-hybridized carbons (Fsp3) is 0.176. The number of hydrogen-bond donors (Lipinski definition) is 3. The Balaban J connectivity index is 1.89. The van der Waals surface area contributed by atoms with Crippen molar-refractivity contribution in [2.75, 3.05) is 13.1 Å². The average Bonchev–Trinajstić information content (AvgIpc) is 2.97. The molecule has 0 saturated carbocycles. The summed E-state index contributed by atoms with van der Waals surface area (Å²) < 4.78 is 14.5. The third-order valence-electron chi connectivity index (χ3n) is 3.68. The van der Waals surface area contributed by atoms with Crippen LogP contribution in [0.4, 0.5) is 4.39 Å². The van der Waals surface area contributed by atoms with Gasteiger partial charge in [0.2, 0.25) is 0 Å². The Morgan fingerprint density at radius 3 is 2.72 bits per heavy atom. The van der Waals surface area contributed by atoms with E-state index >= 15 is 0 Å². The molecule has 2 aromatic carbocycles. The van der Waals surface area contributed by atoms with Gasteiger partial charge in [-0.05, 0) is 43.3 Å². The maximum Gasteiger partial charge on any atom is 0.251 e. The van der Waals surface area contributed by atoms with Gasteiger partial charge in [0, 0.05) is 12.1 Å². The summed E-state index contributed by atoms with van der Waals surface area (Å²) in [5.74, 6) is -0.564. The number of rotatable bonds is 5. The maximum absolute atomic E-state index is 14.5. The Labute approximate surface area is 153 Å². The topological polar surface area (TPSA) is 83.8 Å². The predicted molar refractivity (Wildman–Crippen MR) is 97.5 cm³/mol. The molecule has 1 aromatic heterocycles. The minimum atomic E-state index is -0.553. The SMILES string of the molecule is NCCCNC(=O)c1ccc(-c2nc3cc(Cl)c(Cl)cc3[nH]2)c(F)c1. The summed E-state index contributed by atoms with van der Waals surface area (Å²) in [5, 5.41) is 3.44. The van der Waals surface area contributed by atoms with Crippen LogP contribution in [0.2, 0.25) is 10.0 Å². The minimum Gasteiger partial charge on any atom is -0.352 e. The zero-order valence-corrected chi connectivity index (χ0v) is 14.6. The van der Waals surface area contributed by atoms with Gasteiger partial charge in [0.05, 0.1) is 26.6 Å². The van der Waals surface area contributed by atoms with Gasteiger partial charge in [0.25, 0.3) is 5.91 Å². The van der Waals surface area contributed by atoms with E-state index < -0.39 is 5.82 Å². The molecule has 0 aliphatic heterocycles.